The summed E-state index contributed by atoms with van der Waals surface area (Å²) in [4.78, 5) is 0. The molecule has 0 heterocycles. The van der Waals surface area contributed by atoms with Crippen molar-refractivity contribution >= 4 is 37.1 Å². The van der Waals surface area contributed by atoms with Gasteiger partial charge in [-0.3, -0.25) is 0 Å². The van der Waals surface area contributed by atoms with Crippen molar-refractivity contribution in [3.63, 3.8) is 0 Å². The van der Waals surface area contributed by atoms with E-state index in [2.05, 4.69) is 196 Å². The van der Waals surface area contributed by atoms with Gasteiger partial charge in [0, 0.05) is 11.3 Å². The second-order valence-corrected chi connectivity index (χ2v) is 19.4. The van der Waals surface area contributed by atoms with E-state index in [1.54, 1.807) is 0 Å². The van der Waals surface area contributed by atoms with Gasteiger partial charge in [-0.2, -0.15) is 0 Å². The first-order valence-corrected chi connectivity index (χ1v) is 20.8. The van der Waals surface area contributed by atoms with Crippen LogP contribution in [0.5, 0.6) is 0 Å². The van der Waals surface area contributed by atoms with Gasteiger partial charge in [0.2, 0.25) is 0 Å². The van der Waals surface area contributed by atoms with Gasteiger partial charge in [-0.1, -0.05) is 185 Å². The van der Waals surface area contributed by atoms with Gasteiger partial charge in [0.25, 0.3) is 0 Å². The van der Waals surface area contributed by atoms with Gasteiger partial charge in [0.15, 0.2) is 0 Å². The van der Waals surface area contributed by atoms with Crippen LogP contribution in [0.25, 0.3) is 0 Å². The molecule has 0 amide bonds. The van der Waals surface area contributed by atoms with E-state index in [-0.39, 0.29) is 11.3 Å². The lowest BCUT2D eigenvalue weighted by atomic mass is 9.93. The highest BCUT2D eigenvalue weighted by Crippen LogP contribution is 2.63. The fourth-order valence-electron chi connectivity index (χ4n) is 8.15. The summed E-state index contributed by atoms with van der Waals surface area (Å²) in [6.45, 7) is 20.7. The van der Waals surface area contributed by atoms with Crippen LogP contribution in [0.15, 0.2) is 133 Å². The molecule has 0 aliphatic rings. The molecule has 2 atom stereocenters. The van der Waals surface area contributed by atoms with Gasteiger partial charge in [0.05, 0.1) is 0 Å². The molecule has 0 nitrogen and oxygen atoms in total. The van der Waals surface area contributed by atoms with Crippen LogP contribution in [0.3, 0.4) is 0 Å². The molecule has 6 aromatic carbocycles. The van der Waals surface area contributed by atoms with E-state index in [1.807, 2.05) is 0 Å². The molecular formula is C48H52P2. The SMILES string of the molecule is Cc1cc(C)cc(P(c2cc(C)cc(C)c2)C(c2ccccc2)C(C)C(c2ccccc2)P(c2cc(C)cc(C)c2)c2cc(C)cc(C)c2)c1. The van der Waals surface area contributed by atoms with E-state index in [4.69, 9.17) is 0 Å². The van der Waals surface area contributed by atoms with Gasteiger partial charge in [-0.25, -0.2) is 0 Å². The smallest absolute Gasteiger partial charge is 0.0157 e. The third-order valence-electron chi connectivity index (χ3n) is 9.77. The largest absolute Gasteiger partial charge is 0.0622 e. The Kier molecular flexibility index (Phi) is 11.2. The summed E-state index contributed by atoms with van der Waals surface area (Å²) in [6, 6.07) is 52.1. The highest BCUT2D eigenvalue weighted by atomic mass is 31.1. The summed E-state index contributed by atoms with van der Waals surface area (Å²) in [6.07, 6.45) is 0. The van der Waals surface area contributed by atoms with Gasteiger partial charge in [-0.05, 0) is 109 Å². The summed E-state index contributed by atoms with van der Waals surface area (Å²) < 4.78 is 0. The molecule has 0 aromatic heterocycles. The number of hydrogen-bond acceptors (Lipinski definition) is 0. The fourth-order valence-corrected chi connectivity index (χ4v) is 15.1. The molecule has 0 spiro atoms. The van der Waals surface area contributed by atoms with Crippen LogP contribution in [0.2, 0.25) is 0 Å². The molecule has 0 radical (unpaired) electrons. The minimum atomic E-state index is -0.795. The second-order valence-electron chi connectivity index (χ2n) is 14.7. The Morgan fingerprint density at radius 2 is 0.540 bits per heavy atom. The predicted octanol–water partition coefficient (Wildman–Crippen LogP) is 11.8. The highest BCUT2D eigenvalue weighted by molar-refractivity contribution is 7.74. The zero-order chi connectivity index (χ0) is 35.5. The Labute approximate surface area is 304 Å². The van der Waals surface area contributed by atoms with Crippen molar-refractivity contribution in [1.29, 1.82) is 0 Å². The van der Waals surface area contributed by atoms with Crippen LogP contribution < -0.4 is 21.2 Å². The van der Waals surface area contributed by atoms with Crippen molar-refractivity contribution in [2.45, 2.75) is 73.6 Å². The maximum absolute atomic E-state index is 2.58. The summed E-state index contributed by atoms with van der Waals surface area (Å²) in [5.74, 6) is 0.306. The summed E-state index contributed by atoms with van der Waals surface area (Å²) in [7, 11) is -1.59. The third kappa shape index (κ3) is 8.21. The molecule has 0 N–H and O–H groups in total. The molecule has 0 saturated heterocycles. The predicted molar refractivity (Wildman–Crippen MR) is 224 cm³/mol. The topological polar surface area (TPSA) is 0 Å². The average molecular weight is 691 g/mol. The fraction of sp³-hybridized carbons (Fsp3) is 0.250. The Morgan fingerprint density at radius 1 is 0.320 bits per heavy atom. The lowest BCUT2D eigenvalue weighted by Crippen LogP contribution is -2.29. The molecule has 2 unspecified atom stereocenters. The van der Waals surface area contributed by atoms with Crippen LogP contribution >= 0.6 is 15.8 Å². The van der Waals surface area contributed by atoms with E-state index in [1.165, 1.54) is 76.9 Å². The van der Waals surface area contributed by atoms with Gasteiger partial charge < -0.3 is 0 Å². The van der Waals surface area contributed by atoms with Crippen LogP contribution in [-0.2, 0) is 0 Å². The van der Waals surface area contributed by atoms with E-state index in [9.17, 15) is 0 Å². The van der Waals surface area contributed by atoms with Gasteiger partial charge >= 0.3 is 0 Å². The molecule has 0 bridgehead atoms. The highest BCUT2D eigenvalue weighted by Gasteiger charge is 2.40. The number of benzene rings is 6. The van der Waals surface area contributed by atoms with Crippen molar-refractivity contribution in [2.24, 2.45) is 5.92 Å². The second kappa shape index (κ2) is 15.6. The Hall–Kier alpha value is -3.82. The molecule has 6 aromatic rings. The van der Waals surface area contributed by atoms with Gasteiger partial charge in [-0.15, -0.1) is 0 Å². The molecule has 2 heteroatoms. The van der Waals surface area contributed by atoms with Crippen molar-refractivity contribution in [3.8, 4) is 0 Å². The maximum Gasteiger partial charge on any atom is 0.0157 e. The molecule has 254 valence electrons. The van der Waals surface area contributed by atoms with Crippen molar-refractivity contribution in [1.82, 2.24) is 0 Å². The van der Waals surface area contributed by atoms with Crippen molar-refractivity contribution in [2.75, 3.05) is 0 Å². The normalized spacial score (nSPS) is 13.4. The van der Waals surface area contributed by atoms with Gasteiger partial charge in [0.1, 0.15) is 0 Å². The zero-order valence-electron chi connectivity index (χ0n) is 31.3. The molecule has 0 saturated carbocycles. The third-order valence-corrected chi connectivity index (χ3v) is 15.7. The van der Waals surface area contributed by atoms with Crippen LogP contribution in [-0.4, -0.2) is 0 Å². The monoisotopic (exact) mass is 690 g/mol. The lowest BCUT2D eigenvalue weighted by molar-refractivity contribution is 0.546. The number of rotatable bonds is 10. The van der Waals surface area contributed by atoms with E-state index in [0.29, 0.717) is 5.92 Å². The molecule has 50 heavy (non-hydrogen) atoms. The van der Waals surface area contributed by atoms with Crippen LogP contribution in [0, 0.1) is 61.3 Å². The van der Waals surface area contributed by atoms with Crippen molar-refractivity contribution < 1.29 is 0 Å². The molecular weight excluding hydrogens is 638 g/mol. The number of aryl methyl sites for hydroxylation is 8. The first kappa shape index (κ1) is 36.0. The van der Waals surface area contributed by atoms with Crippen LogP contribution in [0.4, 0.5) is 0 Å². The Bertz CT molecular complexity index is 1740. The summed E-state index contributed by atoms with van der Waals surface area (Å²) in [5, 5.41) is 5.88. The van der Waals surface area contributed by atoms with E-state index in [0.717, 1.165) is 0 Å². The first-order valence-electron chi connectivity index (χ1n) is 18.0. The van der Waals surface area contributed by atoms with Crippen LogP contribution in [0.1, 0.15) is 73.9 Å². The standard InChI is InChI=1S/C48H52P2/c1-32-20-33(2)25-43(24-32)49(44-26-34(3)21-35(4)27-44)47(41-16-12-10-13-17-41)40(9)48(42-18-14-11-15-19-42)50(45-28-36(5)22-37(6)29-45)46-30-38(7)23-39(8)31-46/h10-31,40,47-48H,1-9H3. The Morgan fingerprint density at radius 3 is 0.760 bits per heavy atom. The molecule has 0 aliphatic carbocycles. The van der Waals surface area contributed by atoms with E-state index >= 15 is 0 Å². The van der Waals surface area contributed by atoms with E-state index < -0.39 is 15.8 Å². The summed E-state index contributed by atoms with van der Waals surface area (Å²) >= 11 is 0. The first-order chi connectivity index (χ1) is 24.0. The molecule has 0 aliphatic heterocycles. The Balaban J connectivity index is 1.68. The maximum atomic E-state index is 2.58. The number of hydrogen-bond donors (Lipinski definition) is 0. The van der Waals surface area contributed by atoms with Crippen molar-refractivity contribution in [3.05, 3.63) is 189 Å². The zero-order valence-corrected chi connectivity index (χ0v) is 33.1. The minimum absolute atomic E-state index is 0.278. The quantitative estimate of drug-likeness (QED) is 0.126. The molecule has 6 rings (SSSR count). The molecule has 0 fully saturated rings. The average Bonchev–Trinajstić information content (AvgIpc) is 3.04. The minimum Gasteiger partial charge on any atom is -0.0622 e. The summed E-state index contributed by atoms with van der Waals surface area (Å²) in [5.41, 5.74) is 14.1. The lowest BCUT2D eigenvalue weighted by Gasteiger charge is -2.42.